The standard InChI is InChI=1S/C16H22N4.H3N/c17-15-14-12(11-7-4-2-1-3-5-8-11)9-6-10-13(14)19-16(18)20-15;/h6,9-11H,1-5,7-8H2,(H4,17,18,19,20);1H3. The Morgan fingerprint density at radius 1 is 0.905 bits per heavy atom. The molecular weight excluding hydrogens is 262 g/mol. The van der Waals surface area contributed by atoms with Crippen molar-refractivity contribution < 1.29 is 0 Å². The molecular formula is C16H25N5. The molecule has 7 N–H and O–H groups in total. The molecule has 1 aromatic carbocycles. The molecule has 5 nitrogen and oxygen atoms in total. The summed E-state index contributed by atoms with van der Waals surface area (Å²) in [5, 5.41) is 1.01. The van der Waals surface area contributed by atoms with Crippen LogP contribution in [-0.4, -0.2) is 9.97 Å². The minimum atomic E-state index is 0. The molecule has 1 aliphatic carbocycles. The van der Waals surface area contributed by atoms with Crippen molar-refractivity contribution in [3.63, 3.8) is 0 Å². The van der Waals surface area contributed by atoms with Crippen LogP contribution in [0, 0.1) is 0 Å². The maximum absolute atomic E-state index is 6.10. The molecule has 21 heavy (non-hydrogen) atoms. The third-order valence-corrected chi connectivity index (χ3v) is 4.35. The van der Waals surface area contributed by atoms with Crippen LogP contribution in [0.15, 0.2) is 18.2 Å². The Morgan fingerprint density at radius 2 is 1.57 bits per heavy atom. The number of nitrogens with two attached hydrogens (primary N) is 2. The third kappa shape index (κ3) is 3.24. The fourth-order valence-electron chi connectivity index (χ4n) is 3.36. The first-order valence-electron chi connectivity index (χ1n) is 7.57. The lowest BCUT2D eigenvalue weighted by Crippen LogP contribution is -2.07. The van der Waals surface area contributed by atoms with Crippen molar-refractivity contribution in [3.8, 4) is 0 Å². The molecule has 2 aromatic rings. The lowest BCUT2D eigenvalue weighted by molar-refractivity contribution is 0.457. The van der Waals surface area contributed by atoms with Gasteiger partial charge in [-0.3, -0.25) is 0 Å². The predicted molar refractivity (Wildman–Crippen MR) is 88.4 cm³/mol. The summed E-state index contributed by atoms with van der Waals surface area (Å²) in [7, 11) is 0. The molecule has 1 saturated carbocycles. The molecule has 0 radical (unpaired) electrons. The third-order valence-electron chi connectivity index (χ3n) is 4.35. The number of benzene rings is 1. The summed E-state index contributed by atoms with van der Waals surface area (Å²) in [6.45, 7) is 0. The zero-order valence-corrected chi connectivity index (χ0v) is 12.5. The van der Waals surface area contributed by atoms with Gasteiger partial charge in [0.25, 0.3) is 0 Å². The minimum Gasteiger partial charge on any atom is -0.383 e. The number of anilines is 2. The second kappa shape index (κ2) is 6.72. The summed E-state index contributed by atoms with van der Waals surface area (Å²) < 4.78 is 0. The Kier molecular flexibility index (Phi) is 4.96. The zero-order chi connectivity index (χ0) is 13.9. The number of rotatable bonds is 1. The van der Waals surface area contributed by atoms with E-state index < -0.39 is 0 Å². The highest BCUT2D eigenvalue weighted by atomic mass is 15.0. The highest BCUT2D eigenvalue weighted by Gasteiger charge is 2.18. The van der Waals surface area contributed by atoms with Crippen LogP contribution in [0.3, 0.4) is 0 Å². The average molecular weight is 287 g/mol. The Hall–Kier alpha value is -1.88. The van der Waals surface area contributed by atoms with E-state index in [1.807, 2.05) is 6.07 Å². The fraction of sp³-hybridized carbons (Fsp3) is 0.500. The summed E-state index contributed by atoms with van der Waals surface area (Å²) in [6, 6.07) is 6.21. The minimum absolute atomic E-state index is 0. The summed E-state index contributed by atoms with van der Waals surface area (Å²) >= 11 is 0. The topological polar surface area (TPSA) is 113 Å². The van der Waals surface area contributed by atoms with Gasteiger partial charge in [0, 0.05) is 5.39 Å². The zero-order valence-electron chi connectivity index (χ0n) is 12.5. The second-order valence-electron chi connectivity index (χ2n) is 5.75. The molecule has 0 spiro atoms. The summed E-state index contributed by atoms with van der Waals surface area (Å²) in [4.78, 5) is 8.46. The largest absolute Gasteiger partial charge is 0.383 e. The van der Waals surface area contributed by atoms with E-state index in [1.54, 1.807) is 0 Å². The number of hydrogen-bond donors (Lipinski definition) is 3. The Bertz CT molecular complexity index is 603. The van der Waals surface area contributed by atoms with E-state index in [9.17, 15) is 0 Å². The van der Waals surface area contributed by atoms with Crippen LogP contribution in [0.4, 0.5) is 11.8 Å². The molecule has 1 aromatic heterocycles. The van der Waals surface area contributed by atoms with Crippen LogP contribution in [0.2, 0.25) is 0 Å². The molecule has 0 amide bonds. The number of nitrogen functional groups attached to an aromatic ring is 2. The van der Waals surface area contributed by atoms with Gasteiger partial charge >= 0.3 is 0 Å². The van der Waals surface area contributed by atoms with Gasteiger partial charge in [0.2, 0.25) is 5.95 Å². The molecule has 3 rings (SSSR count). The van der Waals surface area contributed by atoms with Gasteiger partial charge in [-0.2, -0.15) is 4.98 Å². The summed E-state index contributed by atoms with van der Waals surface area (Å²) in [5.74, 6) is 1.35. The van der Waals surface area contributed by atoms with Crippen LogP contribution in [0.1, 0.15) is 56.4 Å². The first-order valence-corrected chi connectivity index (χ1v) is 7.57. The van der Waals surface area contributed by atoms with E-state index in [0.29, 0.717) is 11.7 Å². The monoisotopic (exact) mass is 287 g/mol. The van der Waals surface area contributed by atoms with Gasteiger partial charge in [0.15, 0.2) is 0 Å². The highest BCUT2D eigenvalue weighted by Crippen LogP contribution is 2.36. The van der Waals surface area contributed by atoms with Crippen LogP contribution < -0.4 is 17.6 Å². The van der Waals surface area contributed by atoms with Crippen molar-refractivity contribution >= 4 is 22.7 Å². The average Bonchev–Trinajstić information content (AvgIpc) is 2.37. The van der Waals surface area contributed by atoms with E-state index in [0.717, 1.165) is 10.9 Å². The van der Waals surface area contributed by atoms with Gasteiger partial charge in [-0.05, 0) is 30.4 Å². The molecule has 0 saturated heterocycles. The van der Waals surface area contributed by atoms with Crippen LogP contribution in [-0.2, 0) is 0 Å². The van der Waals surface area contributed by atoms with E-state index in [-0.39, 0.29) is 12.1 Å². The molecule has 0 atom stereocenters. The molecule has 5 heteroatoms. The van der Waals surface area contributed by atoms with E-state index in [4.69, 9.17) is 11.5 Å². The van der Waals surface area contributed by atoms with Gasteiger partial charge in [0.1, 0.15) is 5.82 Å². The van der Waals surface area contributed by atoms with Gasteiger partial charge in [-0.25, -0.2) is 4.98 Å². The molecule has 0 aliphatic heterocycles. The quantitative estimate of drug-likeness (QED) is 0.738. The van der Waals surface area contributed by atoms with Gasteiger partial charge in [-0.15, -0.1) is 0 Å². The van der Waals surface area contributed by atoms with Crippen molar-refractivity contribution in [3.05, 3.63) is 23.8 Å². The van der Waals surface area contributed by atoms with Crippen LogP contribution >= 0.6 is 0 Å². The molecule has 0 unspecified atom stereocenters. The number of hydrogen-bond acceptors (Lipinski definition) is 5. The predicted octanol–water partition coefficient (Wildman–Crippen LogP) is 3.78. The molecule has 1 aliphatic rings. The molecule has 114 valence electrons. The smallest absolute Gasteiger partial charge is 0.222 e. The SMILES string of the molecule is N.Nc1nc(N)c2c(C3CCCCCCC3)cccc2n1. The van der Waals surface area contributed by atoms with Gasteiger partial charge in [-0.1, -0.05) is 44.2 Å². The first kappa shape index (κ1) is 15.5. The van der Waals surface area contributed by atoms with Crippen LogP contribution in [0.25, 0.3) is 10.9 Å². The van der Waals surface area contributed by atoms with Crippen molar-refractivity contribution in [2.45, 2.75) is 50.9 Å². The molecule has 1 heterocycles. The maximum Gasteiger partial charge on any atom is 0.222 e. The maximum atomic E-state index is 6.10. The number of aromatic nitrogens is 2. The Balaban J connectivity index is 0.00000161. The van der Waals surface area contributed by atoms with Gasteiger partial charge in [0.05, 0.1) is 5.52 Å². The van der Waals surface area contributed by atoms with Crippen molar-refractivity contribution in [2.75, 3.05) is 11.5 Å². The number of nitrogens with zero attached hydrogens (tertiary/aromatic N) is 2. The first-order chi connectivity index (χ1) is 9.75. The Labute approximate surface area is 125 Å². The highest BCUT2D eigenvalue weighted by molar-refractivity contribution is 5.92. The second-order valence-corrected chi connectivity index (χ2v) is 5.75. The van der Waals surface area contributed by atoms with Crippen molar-refractivity contribution in [1.82, 2.24) is 16.1 Å². The summed E-state index contributed by atoms with van der Waals surface area (Å²) in [6.07, 6.45) is 9.16. The fourth-order valence-corrected chi connectivity index (χ4v) is 3.36. The van der Waals surface area contributed by atoms with Gasteiger partial charge < -0.3 is 17.6 Å². The van der Waals surface area contributed by atoms with Crippen molar-refractivity contribution in [2.24, 2.45) is 0 Å². The molecule has 0 bridgehead atoms. The Morgan fingerprint density at radius 3 is 2.29 bits per heavy atom. The lowest BCUT2D eigenvalue weighted by atomic mass is 9.84. The van der Waals surface area contributed by atoms with E-state index in [1.165, 1.54) is 50.5 Å². The van der Waals surface area contributed by atoms with E-state index in [2.05, 4.69) is 22.1 Å². The molecule has 1 fully saturated rings. The summed E-state index contributed by atoms with van der Waals surface area (Å²) in [5.41, 5.74) is 14.0. The van der Waals surface area contributed by atoms with Crippen LogP contribution in [0.5, 0.6) is 0 Å². The van der Waals surface area contributed by atoms with E-state index >= 15 is 0 Å². The number of fused-ring (bicyclic) bond motifs is 1. The normalized spacial score (nSPS) is 17.0. The van der Waals surface area contributed by atoms with Crippen molar-refractivity contribution in [1.29, 1.82) is 0 Å². The lowest BCUT2D eigenvalue weighted by Gasteiger charge is -2.21.